The van der Waals surface area contributed by atoms with E-state index in [9.17, 15) is 9.90 Å². The van der Waals surface area contributed by atoms with Gasteiger partial charge in [-0.05, 0) is 18.9 Å². The summed E-state index contributed by atoms with van der Waals surface area (Å²) in [6, 6.07) is 0. The second-order valence-electron chi connectivity index (χ2n) is 4.69. The topological polar surface area (TPSA) is 55.8 Å². The van der Waals surface area contributed by atoms with E-state index in [0.29, 0.717) is 12.8 Å². The van der Waals surface area contributed by atoms with E-state index >= 15 is 0 Å². The summed E-state index contributed by atoms with van der Waals surface area (Å²) in [7, 11) is 1.57. The van der Waals surface area contributed by atoms with Gasteiger partial charge in [0.1, 0.15) is 12.7 Å². The lowest BCUT2D eigenvalue weighted by molar-refractivity contribution is -0.142. The van der Waals surface area contributed by atoms with Crippen molar-refractivity contribution < 1.29 is 19.4 Å². The summed E-state index contributed by atoms with van der Waals surface area (Å²) in [5.74, 6) is -0.257. The highest BCUT2D eigenvalue weighted by Crippen LogP contribution is 2.16. The van der Waals surface area contributed by atoms with Crippen LogP contribution in [0, 0.1) is 5.92 Å². The quantitative estimate of drug-likeness (QED) is 0.573. The minimum Gasteiger partial charge on any atom is -0.461 e. The average Bonchev–Trinajstić information content (AvgIpc) is 2.34. The minimum absolute atomic E-state index is 0.0577. The van der Waals surface area contributed by atoms with Crippen molar-refractivity contribution in [2.45, 2.75) is 38.9 Å². The van der Waals surface area contributed by atoms with Gasteiger partial charge in [-0.3, -0.25) is 4.79 Å². The number of esters is 1. The first-order valence-corrected chi connectivity index (χ1v) is 6.25. The van der Waals surface area contributed by atoms with Gasteiger partial charge >= 0.3 is 5.97 Å². The Labute approximate surface area is 108 Å². The molecule has 0 bridgehead atoms. The Morgan fingerprint density at radius 3 is 2.89 bits per heavy atom. The molecule has 1 N–H and O–H groups in total. The second-order valence-corrected chi connectivity index (χ2v) is 4.69. The number of aliphatic hydroxyl groups is 1. The Balaban J connectivity index is 2.83. The lowest BCUT2D eigenvalue weighted by atomic mass is 9.96. The van der Waals surface area contributed by atoms with Crippen LogP contribution in [0.5, 0.6) is 0 Å². The summed E-state index contributed by atoms with van der Waals surface area (Å²) < 4.78 is 10.4. The number of rotatable bonds is 1. The molecule has 0 aliphatic carbocycles. The van der Waals surface area contributed by atoms with Crippen LogP contribution in [-0.4, -0.2) is 37.0 Å². The van der Waals surface area contributed by atoms with Crippen LogP contribution in [0.25, 0.3) is 0 Å². The van der Waals surface area contributed by atoms with Gasteiger partial charge in [-0.2, -0.15) is 0 Å². The Kier molecular flexibility index (Phi) is 6.09. The van der Waals surface area contributed by atoms with Gasteiger partial charge in [0.25, 0.3) is 0 Å². The van der Waals surface area contributed by atoms with Crippen LogP contribution in [0.4, 0.5) is 0 Å². The summed E-state index contributed by atoms with van der Waals surface area (Å²) in [6.07, 6.45) is 5.58. The van der Waals surface area contributed by atoms with Crippen molar-refractivity contribution in [3.63, 3.8) is 0 Å². The standard InChI is InChI=1S/C14H22O4/c1-10-8-11(2)14(16)12(17-3)6-4-5-7-13(15)18-9-10/h4,6,8,11-12,14,16H,5,7,9H2,1-3H3/t11-,12-,14+/m0/s1. The highest BCUT2D eigenvalue weighted by atomic mass is 16.5. The fraction of sp³-hybridized carbons (Fsp3) is 0.643. The summed E-state index contributed by atoms with van der Waals surface area (Å²) in [5, 5.41) is 10.2. The molecule has 0 aromatic carbocycles. The van der Waals surface area contributed by atoms with Crippen LogP contribution >= 0.6 is 0 Å². The summed E-state index contributed by atoms with van der Waals surface area (Å²) >= 11 is 0. The van der Waals surface area contributed by atoms with Crippen LogP contribution in [0.1, 0.15) is 26.7 Å². The zero-order valence-corrected chi connectivity index (χ0v) is 11.3. The molecule has 0 radical (unpaired) electrons. The predicted octanol–water partition coefficient (Wildman–Crippen LogP) is 1.84. The van der Waals surface area contributed by atoms with Gasteiger partial charge in [0, 0.05) is 19.4 Å². The molecular formula is C14H22O4. The number of carbonyl (C=O) groups excluding carboxylic acids is 1. The normalized spacial score (nSPS) is 31.0. The van der Waals surface area contributed by atoms with Crippen molar-refractivity contribution in [2.24, 2.45) is 5.92 Å². The third-order valence-corrected chi connectivity index (χ3v) is 3.00. The first kappa shape index (κ1) is 14.9. The molecule has 0 fully saturated rings. The third kappa shape index (κ3) is 4.63. The molecule has 1 aliphatic rings. The van der Waals surface area contributed by atoms with Crippen molar-refractivity contribution in [3.8, 4) is 0 Å². The van der Waals surface area contributed by atoms with Crippen molar-refractivity contribution in [1.82, 2.24) is 0 Å². The smallest absolute Gasteiger partial charge is 0.306 e. The second kappa shape index (κ2) is 7.34. The first-order valence-electron chi connectivity index (χ1n) is 6.25. The van der Waals surface area contributed by atoms with E-state index in [-0.39, 0.29) is 24.6 Å². The van der Waals surface area contributed by atoms with E-state index in [1.54, 1.807) is 13.2 Å². The molecule has 0 amide bonds. The number of allylic oxidation sites excluding steroid dienone is 1. The molecule has 0 saturated carbocycles. The van der Waals surface area contributed by atoms with Crippen LogP contribution in [0.15, 0.2) is 23.8 Å². The third-order valence-electron chi connectivity index (χ3n) is 3.00. The Morgan fingerprint density at radius 1 is 1.50 bits per heavy atom. The molecule has 4 nitrogen and oxygen atoms in total. The molecule has 0 aromatic rings. The zero-order valence-electron chi connectivity index (χ0n) is 11.3. The minimum atomic E-state index is -0.601. The van der Waals surface area contributed by atoms with Gasteiger partial charge in [-0.1, -0.05) is 25.2 Å². The van der Waals surface area contributed by atoms with Crippen LogP contribution in [-0.2, 0) is 14.3 Å². The molecule has 1 aliphatic heterocycles. The fourth-order valence-electron chi connectivity index (χ4n) is 1.92. The van der Waals surface area contributed by atoms with Gasteiger partial charge in [-0.15, -0.1) is 0 Å². The highest BCUT2D eigenvalue weighted by Gasteiger charge is 2.21. The summed E-state index contributed by atoms with van der Waals surface area (Å²) in [4.78, 5) is 11.4. The van der Waals surface area contributed by atoms with E-state index in [2.05, 4.69) is 0 Å². The Bertz CT molecular complexity index is 333. The lowest BCUT2D eigenvalue weighted by Gasteiger charge is -2.23. The number of cyclic esters (lactones) is 1. The molecule has 0 saturated heterocycles. The average molecular weight is 254 g/mol. The molecule has 4 heteroatoms. The monoisotopic (exact) mass is 254 g/mol. The lowest BCUT2D eigenvalue weighted by Crippen LogP contribution is -2.31. The number of hydrogen-bond acceptors (Lipinski definition) is 4. The number of carbonyl (C=O) groups is 1. The van der Waals surface area contributed by atoms with E-state index < -0.39 is 6.10 Å². The first-order chi connectivity index (χ1) is 8.54. The van der Waals surface area contributed by atoms with Gasteiger partial charge in [-0.25, -0.2) is 0 Å². The van der Waals surface area contributed by atoms with Gasteiger partial charge in [0.05, 0.1) is 6.10 Å². The number of aliphatic hydroxyl groups excluding tert-OH is 1. The van der Waals surface area contributed by atoms with Crippen molar-refractivity contribution in [3.05, 3.63) is 23.8 Å². The summed E-state index contributed by atoms with van der Waals surface area (Å²) in [5.41, 5.74) is 0.939. The zero-order chi connectivity index (χ0) is 13.5. The Morgan fingerprint density at radius 2 is 2.22 bits per heavy atom. The SMILES string of the molecule is CO[C@H]1C=CCCC(=O)OCC(C)=C[C@H](C)[C@H]1O. The van der Waals surface area contributed by atoms with E-state index in [0.717, 1.165) is 5.57 Å². The predicted molar refractivity (Wildman–Crippen MR) is 69.1 cm³/mol. The molecule has 0 aromatic heterocycles. The maximum Gasteiger partial charge on any atom is 0.306 e. The largest absolute Gasteiger partial charge is 0.461 e. The van der Waals surface area contributed by atoms with Crippen LogP contribution in [0.3, 0.4) is 0 Å². The van der Waals surface area contributed by atoms with Crippen LogP contribution in [0.2, 0.25) is 0 Å². The maximum atomic E-state index is 11.4. The molecule has 18 heavy (non-hydrogen) atoms. The molecule has 0 spiro atoms. The van der Waals surface area contributed by atoms with Gasteiger partial charge in [0.2, 0.25) is 0 Å². The van der Waals surface area contributed by atoms with E-state index in [1.807, 2.05) is 26.0 Å². The molecule has 1 rings (SSSR count). The molecule has 3 atom stereocenters. The maximum absolute atomic E-state index is 11.4. The van der Waals surface area contributed by atoms with Gasteiger partial charge < -0.3 is 14.6 Å². The van der Waals surface area contributed by atoms with E-state index in [1.165, 1.54) is 0 Å². The van der Waals surface area contributed by atoms with Crippen molar-refractivity contribution in [1.29, 1.82) is 0 Å². The highest BCUT2D eigenvalue weighted by molar-refractivity contribution is 5.69. The van der Waals surface area contributed by atoms with Gasteiger partial charge in [0.15, 0.2) is 0 Å². The Hall–Kier alpha value is -1.13. The number of ether oxygens (including phenoxy) is 2. The van der Waals surface area contributed by atoms with E-state index in [4.69, 9.17) is 9.47 Å². The van der Waals surface area contributed by atoms with Crippen LogP contribution < -0.4 is 0 Å². The fourth-order valence-corrected chi connectivity index (χ4v) is 1.92. The number of hydrogen-bond donors (Lipinski definition) is 1. The molecule has 1 heterocycles. The summed E-state index contributed by atoms with van der Waals surface area (Å²) in [6.45, 7) is 4.10. The molecule has 102 valence electrons. The van der Waals surface area contributed by atoms with Crippen molar-refractivity contribution in [2.75, 3.05) is 13.7 Å². The van der Waals surface area contributed by atoms with Crippen molar-refractivity contribution >= 4 is 5.97 Å². The molecule has 0 unspecified atom stereocenters. The number of methoxy groups -OCH3 is 1. The molecular weight excluding hydrogens is 232 g/mol.